The largest absolute Gasteiger partial charge is 0.454 e. The molecule has 2 aromatic carbocycles. The van der Waals surface area contributed by atoms with Crippen molar-refractivity contribution >= 4 is 34.6 Å². The SMILES string of the molecule is [2H]C1Nc2ccc(Oc3c(Cl)cc(N)cc3Cl)cc2C12CC2. The quantitative estimate of drug-likeness (QED) is 0.779. The predicted molar refractivity (Wildman–Crippen MR) is 86.8 cm³/mol. The fourth-order valence-electron chi connectivity index (χ4n) is 2.76. The van der Waals surface area contributed by atoms with Gasteiger partial charge in [0.25, 0.3) is 0 Å². The Morgan fingerprint density at radius 2 is 1.90 bits per heavy atom. The molecule has 0 radical (unpaired) electrons. The predicted octanol–water partition coefficient (Wildman–Crippen LogP) is 4.83. The molecule has 1 fully saturated rings. The Balaban J connectivity index is 1.70. The van der Waals surface area contributed by atoms with Gasteiger partial charge in [-0.1, -0.05) is 23.2 Å². The number of nitrogen functional groups attached to an aromatic ring is 1. The van der Waals surface area contributed by atoms with E-state index in [4.69, 9.17) is 35.0 Å². The summed E-state index contributed by atoms with van der Waals surface area (Å²) >= 11 is 12.3. The molecule has 1 unspecified atom stereocenters. The standard InChI is InChI=1S/C16H14Cl2N2O/c17-12-5-9(19)6-13(18)15(12)21-10-1-2-14-11(7-10)16(3-4-16)8-20-14/h1-2,5-7,20H,3-4,8,19H2/i8D. The molecule has 1 saturated carbocycles. The van der Waals surface area contributed by atoms with Crippen molar-refractivity contribution in [1.82, 2.24) is 0 Å². The van der Waals surface area contributed by atoms with Crippen molar-refractivity contribution in [3.8, 4) is 11.5 Å². The number of hydrogen-bond acceptors (Lipinski definition) is 3. The Bertz CT molecular complexity index is 754. The zero-order valence-electron chi connectivity index (χ0n) is 12.1. The summed E-state index contributed by atoms with van der Waals surface area (Å²) in [4.78, 5) is 0. The number of fused-ring (bicyclic) bond motifs is 2. The van der Waals surface area contributed by atoms with Crippen molar-refractivity contribution in [2.75, 3.05) is 17.6 Å². The molecule has 2 aliphatic rings. The van der Waals surface area contributed by atoms with Crippen LogP contribution in [-0.4, -0.2) is 6.52 Å². The number of rotatable bonds is 2. The molecule has 1 spiro atoms. The van der Waals surface area contributed by atoms with E-state index < -0.39 is 0 Å². The van der Waals surface area contributed by atoms with Crippen molar-refractivity contribution in [2.45, 2.75) is 18.3 Å². The lowest BCUT2D eigenvalue weighted by Crippen LogP contribution is -2.08. The van der Waals surface area contributed by atoms with Crippen LogP contribution in [0.15, 0.2) is 30.3 Å². The van der Waals surface area contributed by atoms with Crippen LogP contribution < -0.4 is 15.8 Å². The summed E-state index contributed by atoms with van der Waals surface area (Å²) in [6.07, 6.45) is 2.07. The molecule has 21 heavy (non-hydrogen) atoms. The number of hydrogen-bond donors (Lipinski definition) is 2. The average Bonchev–Trinajstić information content (AvgIpc) is 3.20. The number of nitrogens with one attached hydrogen (secondary N) is 1. The molecule has 1 atom stereocenters. The van der Waals surface area contributed by atoms with Gasteiger partial charge in [-0.3, -0.25) is 0 Å². The van der Waals surface area contributed by atoms with Crippen LogP contribution in [0.25, 0.3) is 0 Å². The highest BCUT2D eigenvalue weighted by Crippen LogP contribution is 2.55. The lowest BCUT2D eigenvalue weighted by atomic mass is 9.98. The fourth-order valence-corrected chi connectivity index (χ4v) is 3.34. The number of benzene rings is 2. The van der Waals surface area contributed by atoms with E-state index in [9.17, 15) is 0 Å². The van der Waals surface area contributed by atoms with Crippen LogP contribution in [0.3, 0.4) is 0 Å². The Kier molecular flexibility index (Phi) is 2.55. The van der Waals surface area contributed by atoms with E-state index in [1.54, 1.807) is 12.1 Å². The summed E-state index contributed by atoms with van der Waals surface area (Å²) in [7, 11) is 0. The maximum atomic E-state index is 8.16. The topological polar surface area (TPSA) is 47.3 Å². The first-order valence-corrected chi connectivity index (χ1v) is 7.51. The number of anilines is 2. The summed E-state index contributed by atoms with van der Waals surface area (Å²) in [6.45, 7) is -0.276. The van der Waals surface area contributed by atoms with E-state index in [2.05, 4.69) is 5.32 Å². The van der Waals surface area contributed by atoms with Crippen LogP contribution in [0.4, 0.5) is 11.4 Å². The van der Waals surface area contributed by atoms with Crippen LogP contribution in [-0.2, 0) is 5.41 Å². The van der Waals surface area contributed by atoms with E-state index in [0.29, 0.717) is 27.2 Å². The van der Waals surface area contributed by atoms with Gasteiger partial charge in [-0.15, -0.1) is 0 Å². The van der Waals surface area contributed by atoms with Gasteiger partial charge in [0.15, 0.2) is 5.75 Å². The first-order chi connectivity index (χ1) is 10.5. The van der Waals surface area contributed by atoms with Crippen LogP contribution in [0.5, 0.6) is 11.5 Å². The van der Waals surface area contributed by atoms with Crippen LogP contribution in [0.2, 0.25) is 10.0 Å². The van der Waals surface area contributed by atoms with Gasteiger partial charge >= 0.3 is 0 Å². The van der Waals surface area contributed by atoms with Crippen molar-refractivity contribution in [1.29, 1.82) is 0 Å². The zero-order valence-corrected chi connectivity index (χ0v) is 12.6. The number of halogens is 2. The lowest BCUT2D eigenvalue weighted by Gasteiger charge is -2.12. The minimum Gasteiger partial charge on any atom is -0.454 e. The number of nitrogens with two attached hydrogens (primary N) is 1. The second kappa shape index (κ2) is 4.46. The van der Waals surface area contributed by atoms with Gasteiger partial charge < -0.3 is 15.8 Å². The molecule has 3 nitrogen and oxygen atoms in total. The molecule has 4 rings (SSSR count). The summed E-state index contributed by atoms with van der Waals surface area (Å²) < 4.78 is 14.0. The monoisotopic (exact) mass is 321 g/mol. The summed E-state index contributed by atoms with van der Waals surface area (Å²) in [5.74, 6) is 1.06. The molecule has 0 aromatic heterocycles. The van der Waals surface area contributed by atoms with Crippen molar-refractivity contribution in [3.05, 3.63) is 45.9 Å². The number of ether oxygens (including phenoxy) is 1. The Morgan fingerprint density at radius 3 is 2.57 bits per heavy atom. The lowest BCUT2D eigenvalue weighted by molar-refractivity contribution is 0.482. The summed E-state index contributed by atoms with van der Waals surface area (Å²) in [6, 6.07) is 8.99. The first-order valence-electron chi connectivity index (χ1n) is 7.33. The first kappa shape index (κ1) is 12.0. The molecule has 2 aromatic rings. The molecule has 1 aliphatic heterocycles. The van der Waals surface area contributed by atoms with Crippen molar-refractivity contribution in [3.63, 3.8) is 0 Å². The molecule has 1 aliphatic carbocycles. The van der Waals surface area contributed by atoms with E-state index in [1.807, 2.05) is 18.2 Å². The Morgan fingerprint density at radius 1 is 1.19 bits per heavy atom. The van der Waals surface area contributed by atoms with Crippen LogP contribution in [0.1, 0.15) is 19.8 Å². The molecule has 1 heterocycles. The normalized spacial score (nSPS) is 21.6. The second-order valence-electron chi connectivity index (χ2n) is 5.57. The summed E-state index contributed by atoms with van der Waals surface area (Å²) in [5.41, 5.74) is 8.30. The third-order valence-corrected chi connectivity index (χ3v) is 4.62. The molecular weight excluding hydrogens is 307 g/mol. The maximum Gasteiger partial charge on any atom is 0.164 e. The second-order valence-corrected chi connectivity index (χ2v) is 6.38. The average molecular weight is 322 g/mol. The van der Waals surface area contributed by atoms with Crippen molar-refractivity contribution < 1.29 is 6.11 Å². The van der Waals surface area contributed by atoms with E-state index in [-0.39, 0.29) is 11.9 Å². The van der Waals surface area contributed by atoms with Gasteiger partial charge in [0.1, 0.15) is 5.75 Å². The molecule has 5 heteroatoms. The Labute approximate surface area is 134 Å². The third-order valence-electron chi connectivity index (χ3n) is 4.06. The zero-order chi connectivity index (χ0) is 15.5. The summed E-state index contributed by atoms with van der Waals surface area (Å²) in [5, 5.41) is 3.97. The smallest absolute Gasteiger partial charge is 0.164 e. The third kappa shape index (κ3) is 2.12. The van der Waals surface area contributed by atoms with E-state index >= 15 is 0 Å². The fraction of sp³-hybridized carbons (Fsp3) is 0.250. The van der Waals surface area contributed by atoms with Gasteiger partial charge in [0, 0.05) is 24.7 Å². The molecular formula is C16H14Cl2N2O. The van der Waals surface area contributed by atoms with Gasteiger partial charge in [0.2, 0.25) is 0 Å². The highest BCUT2D eigenvalue weighted by atomic mass is 35.5. The minimum atomic E-state index is -0.276. The van der Waals surface area contributed by atoms with Gasteiger partial charge in [-0.2, -0.15) is 0 Å². The highest BCUT2D eigenvalue weighted by Gasteiger charge is 2.49. The van der Waals surface area contributed by atoms with Crippen molar-refractivity contribution in [2.24, 2.45) is 0 Å². The van der Waals surface area contributed by atoms with Gasteiger partial charge in [-0.05, 0) is 48.7 Å². The molecule has 108 valence electrons. The van der Waals surface area contributed by atoms with Gasteiger partial charge in [0.05, 0.1) is 10.0 Å². The molecule has 0 amide bonds. The van der Waals surface area contributed by atoms with Gasteiger partial charge in [-0.25, -0.2) is 0 Å². The maximum absolute atomic E-state index is 8.16. The van der Waals surface area contributed by atoms with E-state index in [1.165, 1.54) is 0 Å². The Hall–Kier alpha value is -1.58. The molecule has 0 bridgehead atoms. The highest BCUT2D eigenvalue weighted by molar-refractivity contribution is 6.37. The van der Waals surface area contributed by atoms with Crippen LogP contribution >= 0.6 is 23.2 Å². The minimum absolute atomic E-state index is 0.0522. The van der Waals surface area contributed by atoms with E-state index in [0.717, 1.165) is 24.1 Å². The van der Waals surface area contributed by atoms with Crippen LogP contribution in [0, 0.1) is 0 Å². The molecule has 3 N–H and O–H groups in total. The molecule has 0 saturated heterocycles.